The van der Waals surface area contributed by atoms with E-state index >= 15 is 0 Å². The number of carbonyl (C=O) groups excluding carboxylic acids is 1. The quantitative estimate of drug-likeness (QED) is 0.786. The average Bonchev–Trinajstić information content (AvgIpc) is 3.05. The Morgan fingerprint density at radius 1 is 1.37 bits per heavy atom. The van der Waals surface area contributed by atoms with Crippen LogP contribution in [-0.2, 0) is 13.0 Å². The maximum atomic E-state index is 11.4. The van der Waals surface area contributed by atoms with Crippen LogP contribution in [0.3, 0.4) is 0 Å². The Morgan fingerprint density at radius 2 is 2.26 bits per heavy atom. The van der Waals surface area contributed by atoms with Crippen molar-refractivity contribution in [3.63, 3.8) is 0 Å². The third-order valence-electron chi connectivity index (χ3n) is 3.64. The standard InChI is InChI=1S/C15H17N3O/c1-12(19)13-3-4-15-14(11-13)5-8-17(15)9-10-18-7-2-6-16-18/h2-4,6-7,11H,5,8-10H2,1H3. The molecule has 0 bridgehead atoms. The molecule has 0 aliphatic carbocycles. The minimum atomic E-state index is 0.137. The number of fused-ring (bicyclic) bond motifs is 1. The Hall–Kier alpha value is -2.10. The first kappa shape index (κ1) is 12.0. The molecular formula is C15H17N3O. The summed E-state index contributed by atoms with van der Waals surface area (Å²) in [6.45, 7) is 4.49. The van der Waals surface area contributed by atoms with Gasteiger partial charge in [0.05, 0.1) is 6.54 Å². The molecule has 0 spiro atoms. The van der Waals surface area contributed by atoms with E-state index in [4.69, 9.17) is 0 Å². The highest BCUT2D eigenvalue weighted by atomic mass is 16.1. The number of anilines is 1. The van der Waals surface area contributed by atoms with Crippen molar-refractivity contribution >= 4 is 11.5 Å². The molecule has 0 amide bonds. The first-order chi connectivity index (χ1) is 9.24. The molecule has 0 fully saturated rings. The monoisotopic (exact) mass is 255 g/mol. The van der Waals surface area contributed by atoms with E-state index in [1.165, 1.54) is 11.3 Å². The number of hydrogen-bond acceptors (Lipinski definition) is 3. The highest BCUT2D eigenvalue weighted by molar-refractivity contribution is 5.94. The second-order valence-corrected chi connectivity index (χ2v) is 4.91. The van der Waals surface area contributed by atoms with Crippen LogP contribution < -0.4 is 4.90 Å². The lowest BCUT2D eigenvalue weighted by Gasteiger charge is -2.19. The first-order valence-corrected chi connectivity index (χ1v) is 6.60. The predicted octanol–water partition coefficient (Wildman–Crippen LogP) is 2.15. The number of aromatic nitrogens is 2. The number of carbonyl (C=O) groups is 1. The molecular weight excluding hydrogens is 238 g/mol. The number of benzene rings is 1. The van der Waals surface area contributed by atoms with Crippen LogP contribution in [0.5, 0.6) is 0 Å². The fourth-order valence-corrected chi connectivity index (χ4v) is 2.58. The van der Waals surface area contributed by atoms with E-state index in [1.807, 2.05) is 29.1 Å². The Labute approximate surface area is 112 Å². The van der Waals surface area contributed by atoms with E-state index in [9.17, 15) is 4.79 Å². The van der Waals surface area contributed by atoms with Crippen LogP contribution in [0.4, 0.5) is 5.69 Å². The molecule has 3 rings (SSSR count). The zero-order chi connectivity index (χ0) is 13.2. The molecule has 0 N–H and O–H groups in total. The summed E-state index contributed by atoms with van der Waals surface area (Å²) in [7, 11) is 0. The molecule has 0 radical (unpaired) electrons. The molecule has 98 valence electrons. The first-order valence-electron chi connectivity index (χ1n) is 6.60. The van der Waals surface area contributed by atoms with Gasteiger partial charge in [-0.25, -0.2) is 0 Å². The van der Waals surface area contributed by atoms with Gasteiger partial charge in [0, 0.05) is 36.7 Å². The summed E-state index contributed by atoms with van der Waals surface area (Å²) in [4.78, 5) is 13.7. The molecule has 1 aromatic carbocycles. The fraction of sp³-hybridized carbons (Fsp3) is 0.333. The predicted molar refractivity (Wildman–Crippen MR) is 74.6 cm³/mol. The molecule has 2 heterocycles. The van der Waals surface area contributed by atoms with Gasteiger partial charge in [-0.2, -0.15) is 5.10 Å². The normalized spacial score (nSPS) is 13.6. The molecule has 4 nitrogen and oxygen atoms in total. The number of nitrogens with zero attached hydrogens (tertiary/aromatic N) is 3. The van der Waals surface area contributed by atoms with E-state index in [-0.39, 0.29) is 5.78 Å². The molecule has 1 aliphatic heterocycles. The molecule has 1 aromatic heterocycles. The van der Waals surface area contributed by atoms with Crippen LogP contribution in [0.25, 0.3) is 0 Å². The van der Waals surface area contributed by atoms with Crippen LogP contribution in [0.2, 0.25) is 0 Å². The maximum Gasteiger partial charge on any atom is 0.159 e. The van der Waals surface area contributed by atoms with Gasteiger partial charge in [-0.3, -0.25) is 9.48 Å². The lowest BCUT2D eigenvalue weighted by Crippen LogP contribution is -2.25. The molecule has 2 aromatic rings. The lowest BCUT2D eigenvalue weighted by molar-refractivity contribution is 0.101. The minimum absolute atomic E-state index is 0.137. The Balaban J connectivity index is 1.73. The number of ketones is 1. The smallest absolute Gasteiger partial charge is 0.159 e. The van der Waals surface area contributed by atoms with E-state index in [2.05, 4.69) is 16.1 Å². The summed E-state index contributed by atoms with van der Waals surface area (Å²) in [6, 6.07) is 7.97. The Bertz CT molecular complexity index is 589. The van der Waals surface area contributed by atoms with Gasteiger partial charge in [0.25, 0.3) is 0 Å². The van der Waals surface area contributed by atoms with E-state index < -0.39 is 0 Å². The summed E-state index contributed by atoms with van der Waals surface area (Å²) in [6.07, 6.45) is 4.81. The molecule has 0 saturated heterocycles. The maximum absolute atomic E-state index is 11.4. The van der Waals surface area contributed by atoms with Crippen LogP contribution >= 0.6 is 0 Å². The van der Waals surface area contributed by atoms with Gasteiger partial charge < -0.3 is 4.90 Å². The van der Waals surface area contributed by atoms with Gasteiger partial charge in [0.1, 0.15) is 0 Å². The van der Waals surface area contributed by atoms with Gasteiger partial charge in [0.2, 0.25) is 0 Å². The summed E-state index contributed by atoms with van der Waals surface area (Å²) in [5, 5.41) is 4.22. The fourth-order valence-electron chi connectivity index (χ4n) is 2.58. The van der Waals surface area contributed by atoms with Gasteiger partial charge >= 0.3 is 0 Å². The molecule has 19 heavy (non-hydrogen) atoms. The number of Topliss-reactive ketones (excluding diaryl/α,β-unsaturated/α-hetero) is 1. The van der Waals surface area contributed by atoms with Gasteiger partial charge in [-0.15, -0.1) is 0 Å². The number of hydrogen-bond donors (Lipinski definition) is 0. The zero-order valence-electron chi connectivity index (χ0n) is 11.0. The zero-order valence-corrected chi connectivity index (χ0v) is 11.0. The summed E-state index contributed by atoms with van der Waals surface area (Å²) >= 11 is 0. The summed E-state index contributed by atoms with van der Waals surface area (Å²) < 4.78 is 1.95. The summed E-state index contributed by atoms with van der Waals surface area (Å²) in [5.41, 5.74) is 3.36. The molecule has 1 aliphatic rings. The second-order valence-electron chi connectivity index (χ2n) is 4.91. The molecule has 4 heteroatoms. The Morgan fingerprint density at radius 3 is 3.00 bits per heavy atom. The van der Waals surface area contributed by atoms with Crippen molar-refractivity contribution < 1.29 is 4.79 Å². The number of rotatable bonds is 4. The van der Waals surface area contributed by atoms with E-state index in [0.29, 0.717) is 0 Å². The highest BCUT2D eigenvalue weighted by Crippen LogP contribution is 2.28. The van der Waals surface area contributed by atoms with Gasteiger partial charge in [0.15, 0.2) is 5.78 Å². The largest absolute Gasteiger partial charge is 0.369 e. The lowest BCUT2D eigenvalue weighted by atomic mass is 10.1. The van der Waals surface area contributed by atoms with Crippen molar-refractivity contribution in [3.05, 3.63) is 47.8 Å². The molecule has 0 saturated carbocycles. The third kappa shape index (κ3) is 2.38. The van der Waals surface area contributed by atoms with Crippen LogP contribution in [0.1, 0.15) is 22.8 Å². The topological polar surface area (TPSA) is 38.1 Å². The highest BCUT2D eigenvalue weighted by Gasteiger charge is 2.19. The van der Waals surface area contributed by atoms with Gasteiger partial charge in [-0.1, -0.05) is 0 Å². The summed E-state index contributed by atoms with van der Waals surface area (Å²) in [5.74, 6) is 0.137. The van der Waals surface area contributed by atoms with Crippen molar-refractivity contribution in [2.24, 2.45) is 0 Å². The van der Waals surface area contributed by atoms with E-state index in [0.717, 1.165) is 31.6 Å². The van der Waals surface area contributed by atoms with Crippen LogP contribution in [-0.4, -0.2) is 28.7 Å². The van der Waals surface area contributed by atoms with Crippen LogP contribution in [0, 0.1) is 0 Å². The van der Waals surface area contributed by atoms with Crippen molar-refractivity contribution in [2.75, 3.05) is 18.0 Å². The Kier molecular flexibility index (Phi) is 3.07. The van der Waals surface area contributed by atoms with Gasteiger partial charge in [-0.05, 0) is 43.2 Å². The van der Waals surface area contributed by atoms with Crippen molar-refractivity contribution in [1.29, 1.82) is 0 Å². The minimum Gasteiger partial charge on any atom is -0.369 e. The van der Waals surface area contributed by atoms with Crippen molar-refractivity contribution in [1.82, 2.24) is 9.78 Å². The second kappa shape index (κ2) is 4.88. The average molecular weight is 255 g/mol. The molecule has 0 unspecified atom stereocenters. The van der Waals surface area contributed by atoms with E-state index in [1.54, 1.807) is 13.1 Å². The van der Waals surface area contributed by atoms with Crippen molar-refractivity contribution in [3.8, 4) is 0 Å². The SMILES string of the molecule is CC(=O)c1ccc2c(c1)CCN2CCn1cccn1. The van der Waals surface area contributed by atoms with Crippen LogP contribution in [0.15, 0.2) is 36.7 Å². The third-order valence-corrected chi connectivity index (χ3v) is 3.64. The van der Waals surface area contributed by atoms with Crippen molar-refractivity contribution in [2.45, 2.75) is 19.9 Å². The molecule has 0 atom stereocenters.